The average Bonchev–Trinajstić information content (AvgIpc) is 2.65. The second-order valence-corrected chi connectivity index (χ2v) is 5.56. The van der Waals surface area contributed by atoms with E-state index < -0.39 is 23.2 Å². The summed E-state index contributed by atoms with van der Waals surface area (Å²) in [5.41, 5.74) is 0.546. The normalized spacial score (nSPS) is 12.9. The van der Waals surface area contributed by atoms with Gasteiger partial charge in [-0.2, -0.15) is 0 Å². The first-order chi connectivity index (χ1) is 12.0. The van der Waals surface area contributed by atoms with Gasteiger partial charge in [-0.05, 0) is 36.2 Å². The third kappa shape index (κ3) is 4.64. The highest BCUT2D eigenvalue weighted by Gasteiger charge is 2.31. The van der Waals surface area contributed by atoms with Crippen LogP contribution in [0.15, 0.2) is 54.6 Å². The van der Waals surface area contributed by atoms with Crippen LogP contribution in [0.3, 0.4) is 0 Å². The molecular weight excluding hydrogens is 323 g/mol. The van der Waals surface area contributed by atoms with Gasteiger partial charge in [0.15, 0.2) is 0 Å². The van der Waals surface area contributed by atoms with E-state index in [1.807, 2.05) is 37.3 Å². The van der Waals surface area contributed by atoms with Gasteiger partial charge < -0.3 is 15.4 Å². The lowest BCUT2D eigenvalue weighted by molar-refractivity contribution is -0.137. The second kappa shape index (κ2) is 8.39. The fourth-order valence-corrected chi connectivity index (χ4v) is 2.53. The maximum absolute atomic E-state index is 12.9. The fraction of sp³-hybridized carbons (Fsp3) is 0.263. The Kier molecular flexibility index (Phi) is 6.25. The smallest absolute Gasteiger partial charge is 0.313 e. The van der Waals surface area contributed by atoms with Crippen molar-refractivity contribution in [3.05, 3.63) is 66.0 Å². The van der Waals surface area contributed by atoms with Crippen LogP contribution >= 0.6 is 0 Å². The number of carbonyl (C=O) groups is 2. The molecule has 0 aliphatic heterocycles. The Hall–Kier alpha value is -2.73. The lowest BCUT2D eigenvalue weighted by Gasteiger charge is -2.32. The van der Waals surface area contributed by atoms with Crippen molar-refractivity contribution >= 4 is 17.5 Å². The molecule has 0 radical (unpaired) electrons. The molecule has 0 saturated heterocycles. The molecule has 0 fully saturated rings. The van der Waals surface area contributed by atoms with Gasteiger partial charge in [-0.1, -0.05) is 37.3 Å². The first-order valence-corrected chi connectivity index (χ1v) is 7.96. The monoisotopic (exact) mass is 344 g/mol. The minimum absolute atomic E-state index is 0.152. The summed E-state index contributed by atoms with van der Waals surface area (Å²) in [6.07, 6.45) is 0.618. The Labute approximate surface area is 146 Å². The molecule has 0 aliphatic carbocycles. The Morgan fingerprint density at radius 1 is 1.04 bits per heavy atom. The van der Waals surface area contributed by atoms with Crippen LogP contribution in [0, 0.1) is 5.82 Å². The van der Waals surface area contributed by atoms with Crippen molar-refractivity contribution in [2.75, 3.05) is 19.0 Å². The van der Waals surface area contributed by atoms with Gasteiger partial charge in [0.1, 0.15) is 11.4 Å². The third-order valence-corrected chi connectivity index (χ3v) is 4.10. The number of carbonyl (C=O) groups excluding carboxylic acids is 2. The van der Waals surface area contributed by atoms with Gasteiger partial charge in [0, 0.05) is 12.8 Å². The quantitative estimate of drug-likeness (QED) is 0.792. The largest absolute Gasteiger partial charge is 0.372 e. The van der Waals surface area contributed by atoms with Crippen LogP contribution < -0.4 is 10.6 Å². The van der Waals surface area contributed by atoms with Crippen LogP contribution in [-0.4, -0.2) is 25.5 Å². The number of methoxy groups -OCH3 is 1. The van der Waals surface area contributed by atoms with E-state index in [2.05, 4.69) is 10.6 Å². The molecule has 0 aliphatic rings. The first-order valence-electron chi connectivity index (χ1n) is 7.96. The molecule has 0 bridgehead atoms. The number of anilines is 1. The molecule has 0 saturated carbocycles. The fourth-order valence-electron chi connectivity index (χ4n) is 2.53. The zero-order chi connectivity index (χ0) is 18.3. The van der Waals surface area contributed by atoms with Crippen molar-refractivity contribution in [1.29, 1.82) is 0 Å². The predicted octanol–water partition coefficient (Wildman–Crippen LogP) is 2.83. The highest BCUT2D eigenvalue weighted by molar-refractivity contribution is 6.39. The molecule has 0 spiro atoms. The summed E-state index contributed by atoms with van der Waals surface area (Å²) < 4.78 is 18.5. The summed E-state index contributed by atoms with van der Waals surface area (Å²) in [4.78, 5) is 24.0. The van der Waals surface area contributed by atoms with E-state index in [0.29, 0.717) is 12.1 Å². The number of hydrogen-bond donors (Lipinski definition) is 2. The number of hydrogen-bond acceptors (Lipinski definition) is 3. The Bertz CT molecular complexity index is 713. The molecule has 2 aromatic rings. The molecule has 1 atom stereocenters. The second-order valence-electron chi connectivity index (χ2n) is 5.56. The van der Waals surface area contributed by atoms with E-state index in [1.54, 1.807) is 7.11 Å². The minimum Gasteiger partial charge on any atom is -0.372 e. The van der Waals surface area contributed by atoms with Crippen LogP contribution in [0.25, 0.3) is 0 Å². The third-order valence-electron chi connectivity index (χ3n) is 4.10. The van der Waals surface area contributed by atoms with E-state index in [9.17, 15) is 14.0 Å². The summed E-state index contributed by atoms with van der Waals surface area (Å²) >= 11 is 0. The van der Waals surface area contributed by atoms with Gasteiger partial charge >= 0.3 is 11.8 Å². The van der Waals surface area contributed by atoms with Gasteiger partial charge in [-0.25, -0.2) is 4.39 Å². The zero-order valence-electron chi connectivity index (χ0n) is 14.2. The summed E-state index contributed by atoms with van der Waals surface area (Å²) in [5, 5.41) is 5.03. The van der Waals surface area contributed by atoms with E-state index in [0.717, 1.165) is 5.56 Å². The van der Waals surface area contributed by atoms with Crippen molar-refractivity contribution in [2.24, 2.45) is 0 Å². The molecule has 2 N–H and O–H groups in total. The van der Waals surface area contributed by atoms with Crippen molar-refractivity contribution in [2.45, 2.75) is 18.9 Å². The molecule has 0 heterocycles. The highest BCUT2D eigenvalue weighted by atomic mass is 19.1. The Morgan fingerprint density at radius 2 is 1.68 bits per heavy atom. The molecule has 2 aromatic carbocycles. The minimum atomic E-state index is -0.819. The van der Waals surface area contributed by atoms with E-state index in [1.165, 1.54) is 24.3 Å². The SMILES string of the molecule is CCC(CNC(=O)C(=O)Nc1ccc(F)cc1)(OC)c1ccccc1. The van der Waals surface area contributed by atoms with E-state index >= 15 is 0 Å². The summed E-state index contributed by atoms with van der Waals surface area (Å²) in [7, 11) is 1.57. The molecular formula is C19H21FN2O3. The Morgan fingerprint density at radius 3 is 2.24 bits per heavy atom. The van der Waals surface area contributed by atoms with E-state index in [-0.39, 0.29) is 6.54 Å². The van der Waals surface area contributed by atoms with Crippen molar-refractivity contribution in [1.82, 2.24) is 5.32 Å². The van der Waals surface area contributed by atoms with Crippen molar-refractivity contribution in [3.8, 4) is 0 Å². The number of amides is 2. The highest BCUT2D eigenvalue weighted by Crippen LogP contribution is 2.28. The molecule has 1 unspecified atom stereocenters. The van der Waals surface area contributed by atoms with Crippen molar-refractivity contribution < 1.29 is 18.7 Å². The van der Waals surface area contributed by atoms with Gasteiger partial charge in [-0.15, -0.1) is 0 Å². The summed E-state index contributed by atoms with van der Waals surface area (Å²) in [6.45, 7) is 2.10. The van der Waals surface area contributed by atoms with Gasteiger partial charge in [-0.3, -0.25) is 9.59 Å². The van der Waals surface area contributed by atoms with Crippen LogP contribution in [0.1, 0.15) is 18.9 Å². The van der Waals surface area contributed by atoms with Crippen LogP contribution in [-0.2, 0) is 19.9 Å². The topological polar surface area (TPSA) is 67.4 Å². The average molecular weight is 344 g/mol. The molecule has 2 amide bonds. The molecule has 6 heteroatoms. The predicted molar refractivity (Wildman–Crippen MR) is 93.5 cm³/mol. The molecule has 2 rings (SSSR count). The van der Waals surface area contributed by atoms with Gasteiger partial charge in [0.05, 0.1) is 6.54 Å². The summed E-state index contributed by atoms with van der Waals surface area (Å²) in [6, 6.07) is 14.7. The number of ether oxygens (including phenoxy) is 1. The van der Waals surface area contributed by atoms with Crippen LogP contribution in [0.2, 0.25) is 0 Å². The van der Waals surface area contributed by atoms with Crippen LogP contribution in [0.5, 0.6) is 0 Å². The molecule has 5 nitrogen and oxygen atoms in total. The number of rotatable bonds is 6. The molecule has 25 heavy (non-hydrogen) atoms. The molecule has 132 valence electrons. The van der Waals surface area contributed by atoms with Gasteiger partial charge in [0.2, 0.25) is 0 Å². The lowest BCUT2D eigenvalue weighted by Crippen LogP contribution is -2.45. The number of halogens is 1. The van der Waals surface area contributed by atoms with Crippen LogP contribution in [0.4, 0.5) is 10.1 Å². The maximum Gasteiger partial charge on any atom is 0.313 e. The van der Waals surface area contributed by atoms with Crippen molar-refractivity contribution in [3.63, 3.8) is 0 Å². The molecule has 0 aromatic heterocycles. The summed E-state index contributed by atoms with van der Waals surface area (Å²) in [5.74, 6) is -2.02. The first kappa shape index (κ1) is 18.6. The maximum atomic E-state index is 12.9. The zero-order valence-corrected chi connectivity index (χ0v) is 14.2. The van der Waals surface area contributed by atoms with E-state index in [4.69, 9.17) is 4.74 Å². The Balaban J connectivity index is 2.01. The van der Waals surface area contributed by atoms with Gasteiger partial charge in [0.25, 0.3) is 0 Å². The lowest BCUT2D eigenvalue weighted by atomic mass is 9.90. The standard InChI is InChI=1S/C19H21FN2O3/c1-3-19(25-2,14-7-5-4-6-8-14)13-21-17(23)18(24)22-16-11-9-15(20)10-12-16/h4-12H,3,13H2,1-2H3,(H,21,23)(H,22,24). The number of benzene rings is 2. The number of nitrogens with one attached hydrogen (secondary N) is 2.